The highest BCUT2D eigenvalue weighted by atomic mass is 35.5. The van der Waals surface area contributed by atoms with Gasteiger partial charge in [0.15, 0.2) is 0 Å². The van der Waals surface area contributed by atoms with E-state index >= 15 is 0 Å². The Morgan fingerprint density at radius 3 is 2.41 bits per heavy atom. The molecule has 0 aliphatic rings. The molecule has 0 fully saturated rings. The van der Waals surface area contributed by atoms with E-state index in [0.717, 1.165) is 27.7 Å². The van der Waals surface area contributed by atoms with Crippen molar-refractivity contribution in [2.75, 3.05) is 6.26 Å². The van der Waals surface area contributed by atoms with Crippen molar-refractivity contribution in [3.63, 3.8) is 0 Å². The third-order valence-electron chi connectivity index (χ3n) is 4.48. The first-order valence-electron chi connectivity index (χ1n) is 8.48. The Morgan fingerprint density at radius 1 is 0.966 bits per heavy atom. The Bertz CT molecular complexity index is 1200. The van der Waals surface area contributed by atoms with Gasteiger partial charge in [0, 0.05) is 23.0 Å². The molecule has 29 heavy (non-hydrogen) atoms. The van der Waals surface area contributed by atoms with Gasteiger partial charge in [-0.1, -0.05) is 52.5 Å². The van der Waals surface area contributed by atoms with Crippen molar-refractivity contribution in [2.24, 2.45) is 0 Å². The van der Waals surface area contributed by atoms with Gasteiger partial charge < -0.3 is 4.57 Å². The first-order valence-corrected chi connectivity index (χ1v) is 11.2. The molecule has 2 aromatic carbocycles. The lowest BCUT2D eigenvalue weighted by Crippen LogP contribution is -2.02. The number of aromatic nitrogens is 4. The van der Waals surface area contributed by atoms with Gasteiger partial charge in [0.2, 0.25) is 0 Å². The van der Waals surface area contributed by atoms with E-state index in [1.54, 1.807) is 18.6 Å². The molecule has 2 aromatic heterocycles. The van der Waals surface area contributed by atoms with Crippen molar-refractivity contribution < 1.29 is 0 Å². The fourth-order valence-corrected chi connectivity index (χ4v) is 4.36. The highest BCUT2D eigenvalue weighted by Gasteiger charge is 2.25. The maximum Gasteiger partial charge on any atom is 0.143 e. The number of nitrogens with zero attached hydrogens (tertiary/aromatic N) is 4. The van der Waals surface area contributed by atoms with Crippen LogP contribution in [0.4, 0.5) is 0 Å². The Kier molecular flexibility index (Phi) is 5.87. The Hall–Kier alpha value is -1.63. The molecule has 0 spiro atoms. The van der Waals surface area contributed by atoms with Crippen molar-refractivity contribution in [3.05, 3.63) is 74.7 Å². The summed E-state index contributed by atoms with van der Waals surface area (Å²) in [6.07, 6.45) is 7.26. The Balaban J connectivity index is 2.10. The standard InChI is InChI=1S/C20H14Cl4N4S/c1-11-3-4-12(9-15(11)22)28-18(13-5-6-14(21)17(24)16(13)23)19(20(26-28)29-2)27-8-7-25-10-27/h3-10H,1-2H3. The second kappa shape index (κ2) is 8.25. The van der Waals surface area contributed by atoms with Crippen LogP contribution in [0.3, 0.4) is 0 Å². The van der Waals surface area contributed by atoms with Crippen LogP contribution in [-0.4, -0.2) is 25.6 Å². The van der Waals surface area contributed by atoms with Gasteiger partial charge in [-0.05, 0) is 43.0 Å². The smallest absolute Gasteiger partial charge is 0.143 e. The number of thioether (sulfide) groups is 1. The topological polar surface area (TPSA) is 35.6 Å². The summed E-state index contributed by atoms with van der Waals surface area (Å²) in [6.45, 7) is 1.95. The second-order valence-corrected chi connectivity index (χ2v) is 8.61. The molecule has 148 valence electrons. The zero-order valence-electron chi connectivity index (χ0n) is 15.3. The molecule has 0 atom stereocenters. The maximum atomic E-state index is 6.62. The predicted molar refractivity (Wildman–Crippen MR) is 123 cm³/mol. The number of halogens is 4. The van der Waals surface area contributed by atoms with Gasteiger partial charge in [-0.25, -0.2) is 9.67 Å². The van der Waals surface area contributed by atoms with Gasteiger partial charge in [0.25, 0.3) is 0 Å². The lowest BCUT2D eigenvalue weighted by Gasteiger charge is -2.14. The number of hydrogen-bond donors (Lipinski definition) is 0. The highest BCUT2D eigenvalue weighted by Crippen LogP contribution is 2.43. The van der Waals surface area contributed by atoms with Crippen LogP contribution in [0.15, 0.2) is 54.1 Å². The first kappa shape index (κ1) is 20.6. The molecule has 2 heterocycles. The monoisotopic (exact) mass is 482 g/mol. The number of imidazole rings is 1. The summed E-state index contributed by atoms with van der Waals surface area (Å²) in [6, 6.07) is 9.35. The van der Waals surface area contributed by atoms with Crippen molar-refractivity contribution in [1.29, 1.82) is 0 Å². The van der Waals surface area contributed by atoms with E-state index in [1.165, 1.54) is 11.8 Å². The molecule has 0 radical (unpaired) electrons. The van der Waals surface area contributed by atoms with E-state index in [1.807, 2.05) is 52.9 Å². The molecule has 0 aliphatic heterocycles. The second-order valence-electron chi connectivity index (χ2n) is 6.24. The SMILES string of the molecule is CSc1nn(-c2ccc(C)c(Cl)c2)c(-c2ccc(Cl)c(Cl)c2Cl)c1-n1ccnc1. The van der Waals surface area contributed by atoms with E-state index in [-0.39, 0.29) is 0 Å². The largest absolute Gasteiger partial charge is 0.302 e. The van der Waals surface area contributed by atoms with Gasteiger partial charge >= 0.3 is 0 Å². The van der Waals surface area contributed by atoms with Gasteiger partial charge in [-0.15, -0.1) is 11.8 Å². The van der Waals surface area contributed by atoms with Crippen LogP contribution < -0.4 is 0 Å². The predicted octanol–water partition coefficient (Wildman–Crippen LogP) is 7.37. The Labute approximate surface area is 192 Å². The van der Waals surface area contributed by atoms with E-state index in [9.17, 15) is 0 Å². The van der Waals surface area contributed by atoms with Crippen LogP contribution in [0.1, 0.15) is 5.56 Å². The van der Waals surface area contributed by atoms with Crippen molar-refractivity contribution in [1.82, 2.24) is 19.3 Å². The van der Waals surface area contributed by atoms with Crippen LogP contribution >= 0.6 is 58.2 Å². The van der Waals surface area contributed by atoms with E-state index in [2.05, 4.69) is 4.98 Å². The summed E-state index contributed by atoms with van der Waals surface area (Å²) in [5.74, 6) is 0. The molecule has 0 bridgehead atoms. The normalized spacial score (nSPS) is 11.2. The molecule has 0 amide bonds. The summed E-state index contributed by atoms with van der Waals surface area (Å²) < 4.78 is 3.72. The van der Waals surface area contributed by atoms with Gasteiger partial charge in [-0.3, -0.25) is 0 Å². The van der Waals surface area contributed by atoms with E-state index < -0.39 is 0 Å². The molecule has 0 aliphatic carbocycles. The average molecular weight is 484 g/mol. The van der Waals surface area contributed by atoms with E-state index in [4.69, 9.17) is 51.5 Å². The minimum atomic E-state index is 0.294. The Morgan fingerprint density at radius 2 is 1.76 bits per heavy atom. The zero-order chi connectivity index (χ0) is 20.7. The third kappa shape index (κ3) is 3.66. The molecule has 4 aromatic rings. The maximum absolute atomic E-state index is 6.62. The van der Waals surface area contributed by atoms with Crippen molar-refractivity contribution >= 4 is 58.2 Å². The molecular formula is C20H14Cl4N4S. The van der Waals surface area contributed by atoms with E-state index in [0.29, 0.717) is 25.7 Å². The lowest BCUT2D eigenvalue weighted by atomic mass is 10.1. The average Bonchev–Trinajstić information content (AvgIpc) is 3.36. The highest BCUT2D eigenvalue weighted by molar-refractivity contribution is 7.98. The van der Waals surface area contributed by atoms with Crippen LogP contribution in [0.25, 0.3) is 22.6 Å². The van der Waals surface area contributed by atoms with Crippen molar-refractivity contribution in [3.8, 4) is 22.6 Å². The number of hydrogen-bond acceptors (Lipinski definition) is 3. The summed E-state index contributed by atoms with van der Waals surface area (Å²) in [5.41, 5.74) is 4.09. The molecule has 0 saturated heterocycles. The summed E-state index contributed by atoms with van der Waals surface area (Å²) in [4.78, 5) is 4.19. The van der Waals surface area contributed by atoms with Crippen LogP contribution in [-0.2, 0) is 0 Å². The molecule has 4 rings (SSSR count). The van der Waals surface area contributed by atoms with Crippen molar-refractivity contribution in [2.45, 2.75) is 11.9 Å². The fraction of sp³-hybridized carbons (Fsp3) is 0.100. The minimum absolute atomic E-state index is 0.294. The van der Waals surface area contributed by atoms with Crippen LogP contribution in [0.5, 0.6) is 0 Å². The molecule has 0 saturated carbocycles. The molecule has 0 unspecified atom stereocenters. The molecule has 9 heteroatoms. The number of aryl methyl sites for hydroxylation is 1. The van der Waals surface area contributed by atoms with Gasteiger partial charge in [-0.2, -0.15) is 5.10 Å². The first-order chi connectivity index (χ1) is 13.9. The molecular weight excluding hydrogens is 470 g/mol. The number of rotatable bonds is 4. The molecule has 4 nitrogen and oxygen atoms in total. The summed E-state index contributed by atoms with van der Waals surface area (Å²) >= 11 is 27.1. The zero-order valence-corrected chi connectivity index (χ0v) is 19.2. The lowest BCUT2D eigenvalue weighted by molar-refractivity contribution is 0.842. The van der Waals surface area contributed by atoms with Gasteiger partial charge in [0.1, 0.15) is 16.4 Å². The minimum Gasteiger partial charge on any atom is -0.302 e. The summed E-state index contributed by atoms with van der Waals surface area (Å²) in [5, 5.41) is 7.32. The summed E-state index contributed by atoms with van der Waals surface area (Å²) in [7, 11) is 0. The third-order valence-corrected chi connectivity index (χ3v) is 6.84. The molecule has 0 N–H and O–H groups in total. The van der Waals surface area contributed by atoms with Gasteiger partial charge in [0.05, 0.1) is 27.1 Å². The number of benzene rings is 2. The van der Waals surface area contributed by atoms with Crippen LogP contribution in [0.2, 0.25) is 20.1 Å². The van der Waals surface area contributed by atoms with Crippen LogP contribution in [0, 0.1) is 6.92 Å². The fourth-order valence-electron chi connectivity index (χ4n) is 3.00. The quantitative estimate of drug-likeness (QED) is 0.224.